The summed E-state index contributed by atoms with van der Waals surface area (Å²) in [5, 5.41) is 0. The minimum Gasteiger partial charge on any atom is -0.0961 e. The molecule has 0 aliphatic heterocycles. The molecule has 0 aromatic rings. The topological polar surface area (TPSA) is 0 Å². The summed E-state index contributed by atoms with van der Waals surface area (Å²) in [5.74, 6) is 1.24. The minimum atomic E-state index is 0.550. The molecule has 0 spiro atoms. The highest BCUT2D eigenvalue weighted by Gasteiger charge is 2.13. The molecule has 0 radical (unpaired) electrons. The average Bonchev–Trinajstić information content (AvgIpc) is 2.61. The maximum Gasteiger partial charge on any atom is -0.0196 e. The third kappa shape index (κ3) is 11.3. The molecule has 0 heteroatoms. The molecule has 0 saturated heterocycles. The van der Waals surface area contributed by atoms with Crippen molar-refractivity contribution in [1.82, 2.24) is 0 Å². The zero-order chi connectivity index (χ0) is 19.1. The van der Waals surface area contributed by atoms with Gasteiger partial charge in [-0.05, 0) is 51.4 Å². The van der Waals surface area contributed by atoms with Crippen LogP contribution in [0.1, 0.15) is 81.1 Å². The van der Waals surface area contributed by atoms with Crippen LogP contribution in [0.3, 0.4) is 0 Å². The second-order valence-electron chi connectivity index (χ2n) is 6.39. The maximum atomic E-state index is 4.17. The van der Waals surface area contributed by atoms with Crippen LogP contribution in [0.4, 0.5) is 0 Å². The molecule has 0 bridgehead atoms. The van der Waals surface area contributed by atoms with E-state index in [-0.39, 0.29) is 0 Å². The minimum absolute atomic E-state index is 0.550. The smallest absolute Gasteiger partial charge is 0.0196 e. The molecule has 0 saturated carbocycles. The number of allylic oxidation sites excluding steroid dienone is 8. The van der Waals surface area contributed by atoms with E-state index in [2.05, 4.69) is 58.2 Å². The van der Waals surface area contributed by atoms with Crippen LogP contribution in [0.15, 0.2) is 59.8 Å². The molecular formula is C24H42. The normalized spacial score (nSPS) is 15.8. The van der Waals surface area contributed by atoms with Gasteiger partial charge in [0.2, 0.25) is 0 Å². The predicted octanol–water partition coefficient (Wildman–Crippen LogP) is 8.45. The van der Waals surface area contributed by atoms with Gasteiger partial charge in [-0.15, -0.1) is 0 Å². The Morgan fingerprint density at radius 2 is 1.58 bits per heavy atom. The second kappa shape index (κ2) is 15.2. The van der Waals surface area contributed by atoms with Crippen LogP contribution in [0.5, 0.6) is 0 Å². The van der Waals surface area contributed by atoms with Crippen LogP contribution in [-0.4, -0.2) is 0 Å². The van der Waals surface area contributed by atoms with E-state index in [0.29, 0.717) is 11.8 Å². The van der Waals surface area contributed by atoms with Crippen molar-refractivity contribution in [3.05, 3.63) is 59.8 Å². The average molecular weight is 331 g/mol. The van der Waals surface area contributed by atoms with Crippen LogP contribution in [0, 0.1) is 11.8 Å². The Morgan fingerprint density at radius 3 is 2.04 bits per heavy atom. The molecule has 138 valence electrons. The summed E-state index contributed by atoms with van der Waals surface area (Å²) < 4.78 is 0. The molecule has 1 unspecified atom stereocenters. The molecule has 2 atom stereocenters. The number of rotatable bonds is 7. The van der Waals surface area contributed by atoms with Crippen molar-refractivity contribution in [2.24, 2.45) is 11.8 Å². The summed E-state index contributed by atoms with van der Waals surface area (Å²) in [4.78, 5) is 0. The number of hydrogen-bond acceptors (Lipinski definition) is 0. The molecule has 24 heavy (non-hydrogen) atoms. The van der Waals surface area contributed by atoms with Gasteiger partial charge in [0.1, 0.15) is 0 Å². The van der Waals surface area contributed by atoms with Crippen molar-refractivity contribution in [1.29, 1.82) is 0 Å². The Balaban J connectivity index is 0. The summed E-state index contributed by atoms with van der Waals surface area (Å²) in [6, 6.07) is 0. The first kappa shape index (κ1) is 24.9. The second-order valence-corrected chi connectivity index (χ2v) is 6.39. The molecule has 0 aromatic heterocycles. The van der Waals surface area contributed by atoms with Gasteiger partial charge in [0, 0.05) is 0 Å². The fraction of sp³-hybridized carbons (Fsp3) is 0.583. The first-order chi connectivity index (χ1) is 11.4. The van der Waals surface area contributed by atoms with Gasteiger partial charge in [-0.25, -0.2) is 0 Å². The largest absolute Gasteiger partial charge is 0.0961 e. The van der Waals surface area contributed by atoms with Gasteiger partial charge in [0.25, 0.3) is 0 Å². The van der Waals surface area contributed by atoms with Crippen LogP contribution in [0.25, 0.3) is 0 Å². The lowest BCUT2D eigenvalue weighted by Crippen LogP contribution is -2.06. The van der Waals surface area contributed by atoms with Crippen LogP contribution >= 0.6 is 0 Å². The summed E-state index contributed by atoms with van der Waals surface area (Å²) in [6.45, 7) is 24.9. The van der Waals surface area contributed by atoms with Crippen LogP contribution < -0.4 is 0 Å². The summed E-state index contributed by atoms with van der Waals surface area (Å²) in [6.07, 6.45) is 13.7. The van der Waals surface area contributed by atoms with Crippen LogP contribution in [-0.2, 0) is 0 Å². The molecular weight excluding hydrogens is 288 g/mol. The zero-order valence-corrected chi connectivity index (χ0v) is 17.7. The molecule has 0 nitrogen and oxygen atoms in total. The Kier molecular flexibility index (Phi) is 15.8. The Labute approximate surface area is 153 Å². The van der Waals surface area contributed by atoms with Gasteiger partial charge in [0.15, 0.2) is 0 Å². The maximum absolute atomic E-state index is 4.17. The fourth-order valence-electron chi connectivity index (χ4n) is 2.45. The van der Waals surface area contributed by atoms with E-state index in [0.717, 1.165) is 5.57 Å². The lowest BCUT2D eigenvalue weighted by atomic mass is 9.85. The molecule has 1 rings (SSSR count). The van der Waals surface area contributed by atoms with E-state index in [4.69, 9.17) is 0 Å². The van der Waals surface area contributed by atoms with E-state index in [1.807, 2.05) is 34.6 Å². The highest BCUT2D eigenvalue weighted by molar-refractivity contribution is 5.25. The van der Waals surface area contributed by atoms with E-state index in [1.54, 1.807) is 5.57 Å². The third-order valence-corrected chi connectivity index (χ3v) is 4.27. The van der Waals surface area contributed by atoms with Crippen LogP contribution in [0.2, 0.25) is 0 Å². The molecule has 1 aliphatic rings. The Bertz CT molecular complexity index is 443. The van der Waals surface area contributed by atoms with E-state index in [9.17, 15) is 0 Å². The first-order valence-electron chi connectivity index (χ1n) is 9.78. The predicted molar refractivity (Wildman–Crippen MR) is 114 cm³/mol. The molecule has 0 fully saturated rings. The van der Waals surface area contributed by atoms with Crippen molar-refractivity contribution in [3.8, 4) is 0 Å². The highest BCUT2D eigenvalue weighted by Crippen LogP contribution is 2.29. The first-order valence-corrected chi connectivity index (χ1v) is 9.78. The lowest BCUT2D eigenvalue weighted by Gasteiger charge is -2.21. The van der Waals surface area contributed by atoms with Gasteiger partial charge in [0.05, 0.1) is 0 Å². The zero-order valence-electron chi connectivity index (χ0n) is 17.7. The van der Waals surface area contributed by atoms with Crippen molar-refractivity contribution >= 4 is 0 Å². The lowest BCUT2D eigenvalue weighted by molar-refractivity contribution is 0.498. The standard InChI is InChI=1S/C20H30.2C2H6/c1-15(2)7-10-17(4)18(5)11-12-19(6)20-13-8-16(3)9-14-20;2*1-2/h7-8,10,13,18-19H,1,4,9,11-12,14H2,2-3,5-6H3;2*1-2H3/b10-7-;;/t18?,19-;;/m1../s1. The van der Waals surface area contributed by atoms with Crippen molar-refractivity contribution < 1.29 is 0 Å². The van der Waals surface area contributed by atoms with Gasteiger partial charge in [-0.2, -0.15) is 0 Å². The molecule has 1 aliphatic carbocycles. The highest BCUT2D eigenvalue weighted by atomic mass is 14.2. The number of hydrogen-bond donors (Lipinski definition) is 0. The summed E-state index contributed by atoms with van der Waals surface area (Å²) in [5.41, 5.74) is 5.42. The van der Waals surface area contributed by atoms with Crippen molar-refractivity contribution in [2.45, 2.75) is 81.1 Å². The SMILES string of the molecule is C=C(C)/C=C\C(=C)C(C)CC[C@@H](C)C1=CC=C(C)CC1.CC.CC. The monoisotopic (exact) mass is 330 g/mol. The quantitative estimate of drug-likeness (QED) is 0.411. The molecule has 0 N–H and O–H groups in total. The van der Waals surface area contributed by atoms with Crippen molar-refractivity contribution in [3.63, 3.8) is 0 Å². The summed E-state index contributed by atoms with van der Waals surface area (Å²) in [7, 11) is 0. The van der Waals surface area contributed by atoms with E-state index in [1.165, 1.54) is 36.8 Å². The Hall–Kier alpha value is -1.30. The van der Waals surface area contributed by atoms with Gasteiger partial charge < -0.3 is 0 Å². The van der Waals surface area contributed by atoms with Gasteiger partial charge >= 0.3 is 0 Å². The fourth-order valence-corrected chi connectivity index (χ4v) is 2.45. The Morgan fingerprint density at radius 1 is 1.00 bits per heavy atom. The van der Waals surface area contributed by atoms with Gasteiger partial charge in [-0.1, -0.05) is 101 Å². The molecule has 0 amide bonds. The van der Waals surface area contributed by atoms with E-state index < -0.39 is 0 Å². The summed E-state index contributed by atoms with van der Waals surface area (Å²) >= 11 is 0. The third-order valence-electron chi connectivity index (χ3n) is 4.27. The molecule has 0 heterocycles. The van der Waals surface area contributed by atoms with Crippen molar-refractivity contribution in [2.75, 3.05) is 0 Å². The van der Waals surface area contributed by atoms with E-state index >= 15 is 0 Å². The van der Waals surface area contributed by atoms with Gasteiger partial charge in [-0.3, -0.25) is 0 Å². The molecule has 0 aromatic carbocycles.